The average molecular weight is 243 g/mol. The van der Waals surface area contributed by atoms with Gasteiger partial charge >= 0.3 is 0 Å². The van der Waals surface area contributed by atoms with Gasteiger partial charge in [0.05, 0.1) is 17.8 Å². The van der Waals surface area contributed by atoms with Gasteiger partial charge in [0, 0.05) is 0 Å². The number of piperazine rings is 1. The number of amides is 2. The Kier molecular flexibility index (Phi) is 3.02. The molecule has 1 N–H and O–H groups in total. The van der Waals surface area contributed by atoms with E-state index in [0.29, 0.717) is 11.3 Å². The SMILES string of the molecule is Cc1ccc(N2CC(=O)NC(=O)C2C)c(C#N)c1. The van der Waals surface area contributed by atoms with E-state index in [9.17, 15) is 9.59 Å². The van der Waals surface area contributed by atoms with Gasteiger partial charge in [-0.3, -0.25) is 14.9 Å². The molecule has 1 saturated heterocycles. The second-order valence-corrected chi connectivity index (χ2v) is 4.35. The first-order valence-corrected chi connectivity index (χ1v) is 5.64. The lowest BCUT2D eigenvalue weighted by molar-refractivity contribution is -0.132. The van der Waals surface area contributed by atoms with Crippen molar-refractivity contribution in [2.24, 2.45) is 0 Å². The van der Waals surface area contributed by atoms with Crippen LogP contribution >= 0.6 is 0 Å². The van der Waals surface area contributed by atoms with Crippen LogP contribution in [0.25, 0.3) is 0 Å². The molecule has 1 aliphatic rings. The van der Waals surface area contributed by atoms with Crippen molar-refractivity contribution in [1.29, 1.82) is 5.26 Å². The molecule has 1 aromatic rings. The highest BCUT2D eigenvalue weighted by molar-refractivity contribution is 6.04. The number of rotatable bonds is 1. The highest BCUT2D eigenvalue weighted by atomic mass is 16.2. The van der Waals surface area contributed by atoms with Crippen LogP contribution in [0.5, 0.6) is 0 Å². The highest BCUT2D eigenvalue weighted by Crippen LogP contribution is 2.24. The summed E-state index contributed by atoms with van der Waals surface area (Å²) in [4.78, 5) is 24.7. The van der Waals surface area contributed by atoms with Gasteiger partial charge in [0.2, 0.25) is 11.8 Å². The normalized spacial score (nSPS) is 19.4. The first-order valence-electron chi connectivity index (χ1n) is 5.64. The van der Waals surface area contributed by atoms with Crippen LogP contribution in [-0.2, 0) is 9.59 Å². The molecule has 92 valence electrons. The molecular weight excluding hydrogens is 230 g/mol. The molecule has 0 saturated carbocycles. The van der Waals surface area contributed by atoms with E-state index in [-0.39, 0.29) is 18.4 Å². The number of nitrogens with zero attached hydrogens (tertiary/aromatic N) is 2. The van der Waals surface area contributed by atoms with Crippen LogP contribution in [0.3, 0.4) is 0 Å². The fourth-order valence-corrected chi connectivity index (χ4v) is 2.00. The summed E-state index contributed by atoms with van der Waals surface area (Å²) in [6, 6.07) is 7.02. The van der Waals surface area contributed by atoms with Gasteiger partial charge in [-0.15, -0.1) is 0 Å². The number of anilines is 1. The van der Waals surface area contributed by atoms with Crippen molar-refractivity contribution < 1.29 is 9.59 Å². The third-order valence-electron chi connectivity index (χ3n) is 3.01. The number of hydrogen-bond acceptors (Lipinski definition) is 4. The molecule has 0 bridgehead atoms. The van der Waals surface area contributed by atoms with Gasteiger partial charge < -0.3 is 4.90 Å². The number of imide groups is 1. The lowest BCUT2D eigenvalue weighted by Crippen LogP contribution is -2.57. The summed E-state index contributed by atoms with van der Waals surface area (Å²) in [5.41, 5.74) is 2.07. The van der Waals surface area contributed by atoms with E-state index in [0.717, 1.165) is 5.56 Å². The zero-order valence-corrected chi connectivity index (χ0v) is 10.2. The number of carbonyl (C=O) groups is 2. The van der Waals surface area contributed by atoms with Gasteiger partial charge in [0.1, 0.15) is 12.1 Å². The predicted molar refractivity (Wildman–Crippen MR) is 65.9 cm³/mol. The molecule has 0 aromatic heterocycles. The van der Waals surface area contributed by atoms with Crippen molar-refractivity contribution in [3.63, 3.8) is 0 Å². The summed E-state index contributed by atoms with van der Waals surface area (Å²) < 4.78 is 0. The number of nitrogens with one attached hydrogen (secondary N) is 1. The molecule has 1 aromatic carbocycles. The summed E-state index contributed by atoms with van der Waals surface area (Å²) in [5, 5.41) is 11.4. The zero-order chi connectivity index (χ0) is 13.3. The summed E-state index contributed by atoms with van der Waals surface area (Å²) in [6.07, 6.45) is 0. The summed E-state index contributed by atoms with van der Waals surface area (Å²) in [5.74, 6) is -0.682. The fourth-order valence-electron chi connectivity index (χ4n) is 2.00. The van der Waals surface area contributed by atoms with Crippen LogP contribution in [-0.4, -0.2) is 24.4 Å². The van der Waals surface area contributed by atoms with Gasteiger partial charge in [0.15, 0.2) is 0 Å². The molecular formula is C13H13N3O2. The van der Waals surface area contributed by atoms with E-state index < -0.39 is 6.04 Å². The number of carbonyl (C=O) groups excluding carboxylic acids is 2. The van der Waals surface area contributed by atoms with E-state index in [4.69, 9.17) is 5.26 Å². The quantitative estimate of drug-likeness (QED) is 0.737. The number of aryl methyl sites for hydroxylation is 1. The van der Waals surface area contributed by atoms with Gasteiger partial charge in [0.25, 0.3) is 0 Å². The van der Waals surface area contributed by atoms with Crippen LogP contribution in [0.2, 0.25) is 0 Å². The Labute approximate surface area is 105 Å². The molecule has 5 nitrogen and oxygen atoms in total. The standard InChI is InChI=1S/C13H13N3O2/c1-8-3-4-11(10(5-8)6-14)16-7-12(17)15-13(18)9(16)2/h3-5,9H,7H2,1-2H3,(H,15,17,18). The van der Waals surface area contributed by atoms with Crippen LogP contribution < -0.4 is 10.2 Å². The Hall–Kier alpha value is -2.35. The molecule has 5 heteroatoms. The molecule has 18 heavy (non-hydrogen) atoms. The minimum Gasteiger partial charge on any atom is -0.349 e. The number of nitriles is 1. The Morgan fingerprint density at radius 3 is 2.83 bits per heavy atom. The lowest BCUT2D eigenvalue weighted by atomic mass is 10.1. The molecule has 1 unspecified atom stereocenters. The fraction of sp³-hybridized carbons (Fsp3) is 0.308. The first kappa shape index (κ1) is 12.1. The lowest BCUT2D eigenvalue weighted by Gasteiger charge is -2.34. The molecule has 2 amide bonds. The van der Waals surface area contributed by atoms with Crippen LogP contribution in [0.1, 0.15) is 18.1 Å². The smallest absolute Gasteiger partial charge is 0.249 e. The van der Waals surface area contributed by atoms with Gasteiger partial charge in [-0.25, -0.2) is 0 Å². The number of benzene rings is 1. The minimum atomic E-state index is -0.461. The molecule has 1 fully saturated rings. The molecule has 1 heterocycles. The maximum Gasteiger partial charge on any atom is 0.249 e. The van der Waals surface area contributed by atoms with E-state index in [2.05, 4.69) is 11.4 Å². The molecule has 0 aliphatic carbocycles. The molecule has 0 radical (unpaired) electrons. The van der Waals surface area contributed by atoms with Crippen LogP contribution in [0, 0.1) is 18.3 Å². The van der Waals surface area contributed by atoms with E-state index in [1.807, 2.05) is 13.0 Å². The summed E-state index contributed by atoms with van der Waals surface area (Å²) >= 11 is 0. The average Bonchev–Trinajstić information content (AvgIpc) is 2.34. The molecule has 1 aliphatic heterocycles. The van der Waals surface area contributed by atoms with Crippen molar-refractivity contribution >= 4 is 17.5 Å². The zero-order valence-electron chi connectivity index (χ0n) is 10.2. The maximum atomic E-state index is 11.6. The Bertz CT molecular complexity index is 560. The topological polar surface area (TPSA) is 73.2 Å². The van der Waals surface area contributed by atoms with Gasteiger partial charge in [-0.2, -0.15) is 5.26 Å². The summed E-state index contributed by atoms with van der Waals surface area (Å²) in [6.45, 7) is 3.69. The van der Waals surface area contributed by atoms with E-state index in [1.165, 1.54) is 0 Å². The summed E-state index contributed by atoms with van der Waals surface area (Å²) in [7, 11) is 0. The Balaban J connectivity index is 2.44. The Morgan fingerprint density at radius 1 is 1.44 bits per heavy atom. The molecule has 1 atom stereocenters. The van der Waals surface area contributed by atoms with E-state index in [1.54, 1.807) is 24.0 Å². The molecule has 0 spiro atoms. The highest BCUT2D eigenvalue weighted by Gasteiger charge is 2.31. The van der Waals surface area contributed by atoms with Gasteiger partial charge in [-0.1, -0.05) is 6.07 Å². The second kappa shape index (κ2) is 4.49. The third kappa shape index (κ3) is 2.05. The minimum absolute atomic E-state index is 0.0879. The number of hydrogen-bond donors (Lipinski definition) is 1. The molecule has 2 rings (SSSR count). The first-order chi connectivity index (χ1) is 8.52. The van der Waals surface area contributed by atoms with Crippen molar-refractivity contribution in [3.05, 3.63) is 29.3 Å². The monoisotopic (exact) mass is 243 g/mol. The van der Waals surface area contributed by atoms with Crippen LogP contribution in [0.4, 0.5) is 5.69 Å². The van der Waals surface area contributed by atoms with Crippen molar-refractivity contribution in [2.75, 3.05) is 11.4 Å². The third-order valence-corrected chi connectivity index (χ3v) is 3.01. The Morgan fingerprint density at radius 2 is 2.17 bits per heavy atom. The van der Waals surface area contributed by atoms with Crippen molar-refractivity contribution in [1.82, 2.24) is 5.32 Å². The van der Waals surface area contributed by atoms with Crippen molar-refractivity contribution in [2.45, 2.75) is 19.9 Å². The van der Waals surface area contributed by atoms with Crippen LogP contribution in [0.15, 0.2) is 18.2 Å². The van der Waals surface area contributed by atoms with Gasteiger partial charge in [-0.05, 0) is 31.5 Å². The van der Waals surface area contributed by atoms with E-state index >= 15 is 0 Å². The maximum absolute atomic E-state index is 11.6. The predicted octanol–water partition coefficient (Wildman–Crippen LogP) is 0.718. The largest absolute Gasteiger partial charge is 0.349 e. The van der Waals surface area contributed by atoms with Crippen molar-refractivity contribution in [3.8, 4) is 6.07 Å². The second-order valence-electron chi connectivity index (χ2n) is 4.35.